The first-order valence-electron chi connectivity index (χ1n) is 11.1. The number of amides is 2. The zero-order valence-electron chi connectivity index (χ0n) is 18.9. The second-order valence-electron chi connectivity index (χ2n) is 9.60. The number of hydrogen-bond acceptors (Lipinski definition) is 5. The van der Waals surface area contributed by atoms with Gasteiger partial charge in [-0.15, -0.1) is 10.2 Å². The third kappa shape index (κ3) is 4.77. The molecule has 1 unspecified atom stereocenters. The van der Waals surface area contributed by atoms with Gasteiger partial charge in [-0.25, -0.2) is 4.79 Å². The highest BCUT2D eigenvalue weighted by atomic mass is 19.4. The van der Waals surface area contributed by atoms with E-state index in [1.807, 2.05) is 0 Å². The van der Waals surface area contributed by atoms with Gasteiger partial charge in [0.25, 0.3) is 0 Å². The molecule has 2 aromatic rings. The third-order valence-electron chi connectivity index (χ3n) is 6.10. The Morgan fingerprint density at radius 1 is 1.06 bits per heavy atom. The molecule has 180 valence electrons. The maximum atomic E-state index is 13.3. The van der Waals surface area contributed by atoms with Crippen LogP contribution in [0.4, 0.5) is 18.0 Å². The molecule has 0 aliphatic carbocycles. The molecule has 2 saturated heterocycles. The Labute approximate surface area is 189 Å². The Hall–Kier alpha value is -2.85. The number of carbonyl (C=O) groups excluding carboxylic acids is 2. The van der Waals surface area contributed by atoms with Crippen LogP contribution < -0.4 is 0 Å². The lowest BCUT2D eigenvalue weighted by atomic mass is 9.95. The van der Waals surface area contributed by atoms with Crippen molar-refractivity contribution < 1.29 is 27.5 Å². The van der Waals surface area contributed by atoms with E-state index in [2.05, 4.69) is 10.2 Å². The molecule has 8 nitrogen and oxygen atoms in total. The average molecular weight is 467 g/mol. The fourth-order valence-corrected chi connectivity index (χ4v) is 4.55. The van der Waals surface area contributed by atoms with Gasteiger partial charge >= 0.3 is 12.3 Å². The van der Waals surface area contributed by atoms with E-state index in [-0.39, 0.29) is 23.6 Å². The van der Waals surface area contributed by atoms with Crippen molar-refractivity contribution in [2.75, 3.05) is 19.6 Å². The van der Waals surface area contributed by atoms with Crippen molar-refractivity contribution in [2.24, 2.45) is 5.92 Å². The Morgan fingerprint density at radius 3 is 2.39 bits per heavy atom. The maximum Gasteiger partial charge on any atom is 0.420 e. The molecule has 2 aromatic heterocycles. The van der Waals surface area contributed by atoms with Crippen LogP contribution in [-0.4, -0.2) is 61.6 Å². The number of ether oxygens (including phenoxy) is 1. The Kier molecular flexibility index (Phi) is 6.00. The van der Waals surface area contributed by atoms with Gasteiger partial charge in [0.1, 0.15) is 11.2 Å². The lowest BCUT2D eigenvalue weighted by molar-refractivity contribution is -0.138. The number of alkyl halides is 3. The number of hydrogen-bond donors (Lipinski definition) is 0. The van der Waals surface area contributed by atoms with Gasteiger partial charge < -0.3 is 14.5 Å². The van der Waals surface area contributed by atoms with Gasteiger partial charge in [0.2, 0.25) is 5.91 Å². The van der Waals surface area contributed by atoms with Gasteiger partial charge in [0, 0.05) is 31.7 Å². The molecule has 33 heavy (non-hydrogen) atoms. The fraction of sp³-hybridized carbons (Fsp3) is 0.636. The van der Waals surface area contributed by atoms with Crippen molar-refractivity contribution in [3.8, 4) is 0 Å². The minimum Gasteiger partial charge on any atom is -0.444 e. The molecule has 2 aliphatic heterocycles. The summed E-state index contributed by atoms with van der Waals surface area (Å²) < 4.78 is 46.8. The smallest absolute Gasteiger partial charge is 0.420 e. The fourth-order valence-electron chi connectivity index (χ4n) is 4.55. The summed E-state index contributed by atoms with van der Waals surface area (Å²) in [4.78, 5) is 28.9. The second kappa shape index (κ2) is 8.49. The first-order chi connectivity index (χ1) is 15.5. The third-order valence-corrected chi connectivity index (χ3v) is 6.10. The monoisotopic (exact) mass is 467 g/mol. The molecule has 0 N–H and O–H groups in total. The van der Waals surface area contributed by atoms with Crippen molar-refractivity contribution in [1.29, 1.82) is 0 Å². The van der Waals surface area contributed by atoms with Gasteiger partial charge in [-0.1, -0.05) is 0 Å². The average Bonchev–Trinajstić information content (AvgIpc) is 3.37. The normalized spacial score (nSPS) is 20.5. The summed E-state index contributed by atoms with van der Waals surface area (Å²) in [7, 11) is 0. The van der Waals surface area contributed by atoms with Crippen molar-refractivity contribution in [2.45, 2.75) is 64.3 Å². The Morgan fingerprint density at radius 2 is 1.76 bits per heavy atom. The van der Waals surface area contributed by atoms with Crippen LogP contribution in [0.25, 0.3) is 5.65 Å². The SMILES string of the molecule is CC(C)(C)OC(=O)N1CCC(C(=O)N2CCCC2c2nnc3c(C(F)(F)F)cccn23)CC1. The second-order valence-corrected chi connectivity index (χ2v) is 9.60. The zero-order valence-corrected chi connectivity index (χ0v) is 18.9. The number of aromatic nitrogens is 3. The van der Waals surface area contributed by atoms with Crippen LogP contribution in [0, 0.1) is 5.92 Å². The molecule has 0 spiro atoms. The summed E-state index contributed by atoms with van der Waals surface area (Å²) in [5.41, 5.74) is -1.70. The molecule has 0 radical (unpaired) electrons. The van der Waals surface area contributed by atoms with E-state index in [1.165, 1.54) is 16.7 Å². The number of pyridine rings is 1. The van der Waals surface area contributed by atoms with E-state index in [9.17, 15) is 22.8 Å². The maximum absolute atomic E-state index is 13.3. The lowest BCUT2D eigenvalue weighted by Gasteiger charge is -2.35. The highest BCUT2D eigenvalue weighted by molar-refractivity contribution is 5.80. The van der Waals surface area contributed by atoms with Gasteiger partial charge in [-0.05, 0) is 58.6 Å². The van der Waals surface area contributed by atoms with E-state index in [4.69, 9.17) is 4.74 Å². The molecule has 2 fully saturated rings. The molecule has 0 aromatic carbocycles. The minimum atomic E-state index is -4.54. The number of rotatable bonds is 2. The predicted molar refractivity (Wildman–Crippen MR) is 112 cm³/mol. The van der Waals surface area contributed by atoms with Crippen molar-refractivity contribution in [3.05, 3.63) is 29.7 Å². The lowest BCUT2D eigenvalue weighted by Crippen LogP contribution is -2.45. The molecule has 4 rings (SSSR count). The number of piperidine rings is 1. The van der Waals surface area contributed by atoms with Crippen molar-refractivity contribution >= 4 is 17.6 Å². The number of fused-ring (bicyclic) bond motifs is 1. The molecule has 0 saturated carbocycles. The molecule has 2 aliphatic rings. The van der Waals surface area contributed by atoms with Gasteiger partial charge in [0.05, 0.1) is 6.04 Å². The number of nitrogens with zero attached hydrogens (tertiary/aromatic N) is 5. The molecular formula is C22H28F3N5O3. The van der Waals surface area contributed by atoms with Crippen LogP contribution >= 0.6 is 0 Å². The summed E-state index contributed by atoms with van der Waals surface area (Å²) in [6.45, 7) is 6.78. The van der Waals surface area contributed by atoms with E-state index < -0.39 is 23.4 Å². The quantitative estimate of drug-likeness (QED) is 0.666. The summed E-state index contributed by atoms with van der Waals surface area (Å²) in [6, 6.07) is 1.86. The van der Waals surface area contributed by atoms with Crippen LogP contribution in [0.1, 0.15) is 63.9 Å². The summed E-state index contributed by atoms with van der Waals surface area (Å²) in [5.74, 6) is 0.0346. The van der Waals surface area contributed by atoms with Crippen LogP contribution in [0.2, 0.25) is 0 Å². The molecule has 0 bridgehead atoms. The first kappa shape index (κ1) is 23.3. The number of carbonyl (C=O) groups is 2. The topological polar surface area (TPSA) is 80.0 Å². The van der Waals surface area contributed by atoms with Gasteiger partial charge in [-0.3, -0.25) is 9.20 Å². The molecule has 11 heteroatoms. The van der Waals surface area contributed by atoms with E-state index in [0.29, 0.717) is 44.7 Å². The van der Waals surface area contributed by atoms with Crippen LogP contribution in [0.3, 0.4) is 0 Å². The number of halogens is 3. The predicted octanol–water partition coefficient (Wildman–Crippen LogP) is 4.06. The Balaban J connectivity index is 1.48. The van der Waals surface area contributed by atoms with E-state index >= 15 is 0 Å². The summed E-state index contributed by atoms with van der Waals surface area (Å²) in [5, 5.41) is 7.84. The van der Waals surface area contributed by atoms with Crippen molar-refractivity contribution in [3.63, 3.8) is 0 Å². The molecule has 1 atom stereocenters. The zero-order chi connectivity index (χ0) is 24.0. The van der Waals surface area contributed by atoms with E-state index in [0.717, 1.165) is 12.5 Å². The van der Waals surface area contributed by atoms with Crippen molar-refractivity contribution in [1.82, 2.24) is 24.4 Å². The highest BCUT2D eigenvalue weighted by Crippen LogP contribution is 2.36. The summed E-state index contributed by atoms with van der Waals surface area (Å²) in [6.07, 6.45) is -1.05. The Bertz CT molecular complexity index is 1040. The van der Waals surface area contributed by atoms with Crippen LogP contribution in [0.15, 0.2) is 18.3 Å². The largest absolute Gasteiger partial charge is 0.444 e. The molecule has 2 amide bonds. The minimum absolute atomic E-state index is 0.0509. The van der Waals surface area contributed by atoms with Crippen LogP contribution in [0.5, 0.6) is 0 Å². The number of likely N-dealkylation sites (tertiary alicyclic amines) is 2. The highest BCUT2D eigenvalue weighted by Gasteiger charge is 2.40. The molecule has 4 heterocycles. The molecular weight excluding hydrogens is 439 g/mol. The standard InChI is InChI=1S/C22H28F3N5O3/c1-21(2,3)33-20(32)28-12-8-14(9-13-28)19(31)29-10-5-7-16(29)18-27-26-17-15(22(23,24)25)6-4-11-30(17)18/h4,6,11,14,16H,5,7-10,12-13H2,1-3H3. The van der Waals surface area contributed by atoms with Gasteiger partial charge in [0.15, 0.2) is 11.5 Å². The summed E-state index contributed by atoms with van der Waals surface area (Å²) >= 11 is 0. The van der Waals surface area contributed by atoms with E-state index in [1.54, 1.807) is 30.6 Å². The van der Waals surface area contributed by atoms with Gasteiger partial charge in [-0.2, -0.15) is 13.2 Å². The first-order valence-corrected chi connectivity index (χ1v) is 11.1. The van der Waals surface area contributed by atoms with Crippen LogP contribution in [-0.2, 0) is 15.7 Å².